The van der Waals surface area contributed by atoms with Crippen LogP contribution in [0.2, 0.25) is 0 Å². The Labute approximate surface area is 168 Å². The van der Waals surface area contributed by atoms with Crippen LogP contribution in [0, 0.1) is 10.8 Å². The highest BCUT2D eigenvalue weighted by atomic mass is 19.4. The second-order valence-electron chi connectivity index (χ2n) is 9.50. The van der Waals surface area contributed by atoms with E-state index in [9.17, 15) is 13.2 Å². The van der Waals surface area contributed by atoms with Gasteiger partial charge < -0.3 is 16.0 Å². The highest BCUT2D eigenvalue weighted by molar-refractivity contribution is 5.78. The molecule has 2 aromatic rings. The average molecular weight is 405 g/mol. The topological polar surface area (TPSA) is 67.1 Å². The Balaban J connectivity index is 1.62. The van der Waals surface area contributed by atoms with Crippen LogP contribution < -0.4 is 16.0 Å². The van der Waals surface area contributed by atoms with Crippen LogP contribution in [0.4, 0.5) is 36.2 Å². The summed E-state index contributed by atoms with van der Waals surface area (Å²) in [5, 5.41) is 2.93. The number of alkyl halides is 3. The fraction of sp³-hybridized carbons (Fsp3) is 0.524. The van der Waals surface area contributed by atoms with Crippen LogP contribution in [-0.4, -0.2) is 22.6 Å². The predicted molar refractivity (Wildman–Crippen MR) is 108 cm³/mol. The highest BCUT2D eigenvalue weighted by Gasteiger charge is 2.50. The number of nitrogens with two attached hydrogens (primary N) is 1. The van der Waals surface area contributed by atoms with E-state index in [1.54, 1.807) is 6.07 Å². The van der Waals surface area contributed by atoms with Gasteiger partial charge in [-0.3, -0.25) is 0 Å². The normalized spacial score (nSPS) is 25.9. The molecular formula is C21H26F3N5. The van der Waals surface area contributed by atoms with Crippen LogP contribution in [0.5, 0.6) is 0 Å². The first-order valence-electron chi connectivity index (χ1n) is 9.77. The maximum absolute atomic E-state index is 13.0. The average Bonchev–Trinajstić information content (AvgIpc) is 2.85. The Morgan fingerprint density at radius 2 is 1.93 bits per heavy atom. The molecule has 156 valence electrons. The lowest BCUT2D eigenvalue weighted by molar-refractivity contribution is -0.137. The molecule has 2 bridgehead atoms. The van der Waals surface area contributed by atoms with Gasteiger partial charge in [0.15, 0.2) is 11.6 Å². The fourth-order valence-corrected chi connectivity index (χ4v) is 5.33. The summed E-state index contributed by atoms with van der Waals surface area (Å²) in [5.74, 6) is 0.973. The number of rotatable bonds is 3. The number of nitrogens with one attached hydrogen (secondary N) is 1. The van der Waals surface area contributed by atoms with E-state index in [0.717, 1.165) is 37.9 Å². The summed E-state index contributed by atoms with van der Waals surface area (Å²) < 4.78 is 39.0. The van der Waals surface area contributed by atoms with Crippen LogP contribution in [0.25, 0.3) is 0 Å². The lowest BCUT2D eigenvalue weighted by Crippen LogP contribution is -2.35. The first-order valence-corrected chi connectivity index (χ1v) is 9.77. The highest BCUT2D eigenvalue weighted by Crippen LogP contribution is 2.54. The molecule has 1 aliphatic heterocycles. The lowest BCUT2D eigenvalue weighted by Gasteiger charge is -2.39. The first-order chi connectivity index (χ1) is 13.5. The molecule has 1 aromatic carbocycles. The zero-order valence-corrected chi connectivity index (χ0v) is 16.8. The number of nitrogens with zero attached hydrogens (tertiary/aromatic N) is 3. The second-order valence-corrected chi connectivity index (χ2v) is 9.50. The van der Waals surface area contributed by atoms with Crippen LogP contribution in [0.3, 0.4) is 0 Å². The van der Waals surface area contributed by atoms with Crippen molar-refractivity contribution in [2.45, 2.75) is 52.3 Å². The Morgan fingerprint density at radius 3 is 2.66 bits per heavy atom. The molecule has 1 aromatic heterocycles. The summed E-state index contributed by atoms with van der Waals surface area (Å²) in [7, 11) is 0. The molecule has 2 fully saturated rings. The number of fused-ring (bicyclic) bond motifs is 2. The van der Waals surface area contributed by atoms with E-state index in [-0.39, 0.29) is 16.5 Å². The van der Waals surface area contributed by atoms with E-state index in [1.807, 2.05) is 0 Å². The molecule has 0 radical (unpaired) electrons. The Bertz CT molecular complexity index is 927. The van der Waals surface area contributed by atoms with Crippen molar-refractivity contribution in [3.8, 4) is 0 Å². The molecule has 0 spiro atoms. The van der Waals surface area contributed by atoms with Gasteiger partial charge in [0.05, 0.1) is 5.56 Å². The molecule has 2 aliphatic rings. The van der Waals surface area contributed by atoms with Gasteiger partial charge in [0.25, 0.3) is 0 Å². The van der Waals surface area contributed by atoms with E-state index < -0.39 is 11.7 Å². The predicted octanol–water partition coefficient (Wildman–Crippen LogP) is 5.23. The smallest absolute Gasteiger partial charge is 0.393 e. The SMILES string of the molecule is CC1(C)CC2CC(C)(CN2c2ncnc(Nc3cccc(C(F)(F)F)c3)c2N)C1. The minimum atomic E-state index is -4.41. The number of aromatic nitrogens is 2. The molecule has 8 heteroatoms. The van der Waals surface area contributed by atoms with Crippen molar-refractivity contribution >= 4 is 23.0 Å². The summed E-state index contributed by atoms with van der Waals surface area (Å²) in [6.07, 6.45) is 0.304. The maximum Gasteiger partial charge on any atom is 0.416 e. The second kappa shape index (κ2) is 6.50. The van der Waals surface area contributed by atoms with Crippen molar-refractivity contribution in [1.29, 1.82) is 0 Å². The third-order valence-electron chi connectivity index (χ3n) is 6.00. The Morgan fingerprint density at radius 1 is 1.17 bits per heavy atom. The van der Waals surface area contributed by atoms with Crippen molar-refractivity contribution in [3.63, 3.8) is 0 Å². The van der Waals surface area contributed by atoms with E-state index in [0.29, 0.717) is 23.4 Å². The molecule has 4 rings (SSSR count). The zero-order chi connectivity index (χ0) is 21.0. The minimum Gasteiger partial charge on any atom is -0.393 e. The van der Waals surface area contributed by atoms with Crippen molar-refractivity contribution in [3.05, 3.63) is 36.2 Å². The minimum absolute atomic E-state index is 0.207. The number of halogens is 3. The summed E-state index contributed by atoms with van der Waals surface area (Å²) in [5.41, 5.74) is 6.76. The maximum atomic E-state index is 13.0. The molecule has 2 atom stereocenters. The Kier molecular flexibility index (Phi) is 4.44. The summed E-state index contributed by atoms with van der Waals surface area (Å²) in [6, 6.07) is 5.35. The van der Waals surface area contributed by atoms with Crippen molar-refractivity contribution in [2.24, 2.45) is 10.8 Å². The molecule has 0 amide bonds. The molecule has 29 heavy (non-hydrogen) atoms. The van der Waals surface area contributed by atoms with Crippen molar-refractivity contribution in [2.75, 3.05) is 22.5 Å². The number of anilines is 4. The van der Waals surface area contributed by atoms with Gasteiger partial charge in [-0.05, 0) is 48.3 Å². The van der Waals surface area contributed by atoms with Crippen LogP contribution in [0.15, 0.2) is 30.6 Å². The largest absolute Gasteiger partial charge is 0.416 e. The van der Waals surface area contributed by atoms with Gasteiger partial charge in [-0.1, -0.05) is 26.8 Å². The number of benzene rings is 1. The Hall–Kier alpha value is -2.51. The van der Waals surface area contributed by atoms with Gasteiger partial charge in [0.2, 0.25) is 0 Å². The van der Waals surface area contributed by atoms with E-state index in [2.05, 4.69) is 41.0 Å². The summed E-state index contributed by atoms with van der Waals surface area (Å²) in [6.45, 7) is 7.77. The van der Waals surface area contributed by atoms with Gasteiger partial charge in [0.1, 0.15) is 12.0 Å². The van der Waals surface area contributed by atoms with Crippen molar-refractivity contribution in [1.82, 2.24) is 9.97 Å². The van der Waals surface area contributed by atoms with Gasteiger partial charge in [-0.2, -0.15) is 13.2 Å². The first kappa shape index (κ1) is 19.8. The van der Waals surface area contributed by atoms with Crippen LogP contribution in [-0.2, 0) is 6.18 Å². The van der Waals surface area contributed by atoms with E-state index in [1.165, 1.54) is 12.4 Å². The molecule has 2 heterocycles. The molecule has 2 unspecified atom stereocenters. The number of hydrogen-bond acceptors (Lipinski definition) is 5. The monoisotopic (exact) mass is 405 g/mol. The molecule has 1 saturated carbocycles. The standard InChI is InChI=1S/C21H26F3N5/c1-19(2)8-15-9-20(3,10-19)11-29(15)18-16(25)17(26-12-27-18)28-14-6-4-5-13(7-14)21(22,23)24/h4-7,12,15H,8-11,25H2,1-3H3,(H,26,27,28). The zero-order valence-electron chi connectivity index (χ0n) is 16.8. The van der Waals surface area contributed by atoms with Gasteiger partial charge >= 0.3 is 6.18 Å². The number of nitrogen functional groups attached to an aromatic ring is 1. The van der Waals surface area contributed by atoms with Crippen molar-refractivity contribution < 1.29 is 13.2 Å². The quantitative estimate of drug-likeness (QED) is 0.732. The lowest BCUT2D eigenvalue weighted by atomic mass is 9.65. The number of hydrogen-bond donors (Lipinski definition) is 2. The molecular weight excluding hydrogens is 379 g/mol. The van der Waals surface area contributed by atoms with Gasteiger partial charge in [-0.15, -0.1) is 0 Å². The van der Waals surface area contributed by atoms with Gasteiger partial charge in [-0.25, -0.2) is 9.97 Å². The summed E-state index contributed by atoms with van der Waals surface area (Å²) >= 11 is 0. The van der Waals surface area contributed by atoms with Crippen LogP contribution in [0.1, 0.15) is 45.6 Å². The molecule has 1 aliphatic carbocycles. The van der Waals surface area contributed by atoms with Gasteiger partial charge in [0, 0.05) is 18.3 Å². The molecule has 5 nitrogen and oxygen atoms in total. The summed E-state index contributed by atoms with van der Waals surface area (Å²) in [4.78, 5) is 10.9. The third kappa shape index (κ3) is 3.84. The fourth-order valence-electron chi connectivity index (χ4n) is 5.33. The van der Waals surface area contributed by atoms with E-state index in [4.69, 9.17) is 5.73 Å². The van der Waals surface area contributed by atoms with E-state index >= 15 is 0 Å². The molecule has 3 N–H and O–H groups in total. The third-order valence-corrected chi connectivity index (χ3v) is 6.00. The van der Waals surface area contributed by atoms with Crippen LogP contribution >= 0.6 is 0 Å². The molecule has 1 saturated heterocycles.